The number of carbonyl (C=O) groups excluding carboxylic acids is 1. The molecule has 116 valence electrons. The van der Waals surface area contributed by atoms with Gasteiger partial charge in [-0.1, -0.05) is 12.1 Å². The van der Waals surface area contributed by atoms with Crippen molar-refractivity contribution in [1.29, 1.82) is 0 Å². The molecule has 0 unspecified atom stereocenters. The Morgan fingerprint density at radius 2 is 2.23 bits per heavy atom. The molecule has 0 saturated heterocycles. The maximum absolute atomic E-state index is 11.3. The summed E-state index contributed by atoms with van der Waals surface area (Å²) in [4.78, 5) is 11.3. The highest BCUT2D eigenvalue weighted by Gasteiger charge is 2.02. The van der Waals surface area contributed by atoms with Crippen LogP contribution in [0.5, 0.6) is 0 Å². The number of nitrogens with zero attached hydrogens (tertiary/aromatic N) is 2. The van der Waals surface area contributed by atoms with Crippen molar-refractivity contribution in [3.63, 3.8) is 0 Å². The summed E-state index contributed by atoms with van der Waals surface area (Å²) in [6.07, 6.45) is 4.79. The first kappa shape index (κ1) is 16.2. The molecular weight excluding hydrogens is 296 g/mol. The molecular formula is C16H20N4OS. The second kappa shape index (κ2) is 7.70. The van der Waals surface area contributed by atoms with Gasteiger partial charge in [0.25, 0.3) is 0 Å². The lowest BCUT2D eigenvalue weighted by atomic mass is 10.1. The maximum Gasteiger partial charge on any atom is 0.170 e. The van der Waals surface area contributed by atoms with Gasteiger partial charge in [0.05, 0.1) is 6.20 Å². The number of aromatic nitrogens is 2. The fourth-order valence-corrected chi connectivity index (χ4v) is 2.24. The predicted molar refractivity (Wildman–Crippen MR) is 92.3 cm³/mol. The Balaban J connectivity index is 1.73. The Labute approximate surface area is 135 Å². The Bertz CT molecular complexity index is 666. The van der Waals surface area contributed by atoms with Gasteiger partial charge in [0.2, 0.25) is 0 Å². The van der Waals surface area contributed by atoms with Crippen LogP contribution >= 0.6 is 12.2 Å². The van der Waals surface area contributed by atoms with E-state index >= 15 is 0 Å². The number of carbonyl (C=O) groups is 1. The van der Waals surface area contributed by atoms with Crippen molar-refractivity contribution in [3.8, 4) is 0 Å². The molecule has 0 saturated carbocycles. The van der Waals surface area contributed by atoms with Crippen LogP contribution in [0.2, 0.25) is 0 Å². The summed E-state index contributed by atoms with van der Waals surface area (Å²) < 4.78 is 1.92. The number of hydrogen-bond donors (Lipinski definition) is 2. The number of hydrogen-bond acceptors (Lipinski definition) is 3. The van der Waals surface area contributed by atoms with Crippen molar-refractivity contribution in [1.82, 2.24) is 15.1 Å². The van der Waals surface area contributed by atoms with Crippen LogP contribution in [-0.2, 0) is 6.54 Å². The van der Waals surface area contributed by atoms with Gasteiger partial charge in [0.15, 0.2) is 10.9 Å². The van der Waals surface area contributed by atoms with Crippen LogP contribution in [0.25, 0.3) is 0 Å². The van der Waals surface area contributed by atoms with Gasteiger partial charge in [0, 0.05) is 30.5 Å². The Morgan fingerprint density at radius 1 is 1.41 bits per heavy atom. The molecule has 1 aromatic carbocycles. The molecule has 0 aliphatic carbocycles. The monoisotopic (exact) mass is 316 g/mol. The molecule has 22 heavy (non-hydrogen) atoms. The molecule has 1 aromatic heterocycles. The molecule has 0 bridgehead atoms. The molecule has 6 heteroatoms. The van der Waals surface area contributed by atoms with Crippen molar-refractivity contribution in [2.24, 2.45) is 0 Å². The van der Waals surface area contributed by atoms with E-state index in [9.17, 15) is 4.79 Å². The summed E-state index contributed by atoms with van der Waals surface area (Å²) in [5.41, 5.74) is 2.64. The number of aryl methyl sites for hydroxylation is 2. The highest BCUT2D eigenvalue weighted by atomic mass is 32.1. The van der Waals surface area contributed by atoms with Crippen LogP contribution in [0.4, 0.5) is 5.69 Å². The molecule has 5 nitrogen and oxygen atoms in total. The summed E-state index contributed by atoms with van der Waals surface area (Å²) >= 11 is 5.25. The average molecular weight is 316 g/mol. The fourth-order valence-electron chi connectivity index (χ4n) is 2.02. The second-order valence-corrected chi connectivity index (χ2v) is 5.56. The maximum atomic E-state index is 11.3. The quantitative estimate of drug-likeness (QED) is 0.487. The Hall–Kier alpha value is -2.21. The SMILES string of the molecule is CC(=O)c1cccc(NC(=S)NCCCn2cc(C)cn2)c1. The van der Waals surface area contributed by atoms with E-state index in [1.54, 1.807) is 19.1 Å². The van der Waals surface area contributed by atoms with Gasteiger partial charge in [-0.05, 0) is 50.2 Å². The number of benzene rings is 1. The highest BCUT2D eigenvalue weighted by Crippen LogP contribution is 2.10. The molecule has 0 amide bonds. The Morgan fingerprint density at radius 3 is 2.91 bits per heavy atom. The van der Waals surface area contributed by atoms with Crippen molar-refractivity contribution in [3.05, 3.63) is 47.8 Å². The lowest BCUT2D eigenvalue weighted by Crippen LogP contribution is -2.29. The molecule has 0 radical (unpaired) electrons. The van der Waals surface area contributed by atoms with E-state index in [0.717, 1.165) is 30.8 Å². The van der Waals surface area contributed by atoms with E-state index in [1.165, 1.54) is 0 Å². The second-order valence-electron chi connectivity index (χ2n) is 5.15. The third kappa shape index (κ3) is 4.96. The summed E-state index contributed by atoms with van der Waals surface area (Å²) in [7, 11) is 0. The van der Waals surface area contributed by atoms with Crippen LogP contribution < -0.4 is 10.6 Å². The lowest BCUT2D eigenvalue weighted by Gasteiger charge is -2.11. The number of anilines is 1. The standard InChI is InChI=1S/C16H20N4OS/c1-12-10-18-20(11-12)8-4-7-17-16(22)19-15-6-3-5-14(9-15)13(2)21/h3,5-6,9-11H,4,7-8H2,1-2H3,(H2,17,19,22). The number of nitrogens with one attached hydrogen (secondary N) is 2. The zero-order chi connectivity index (χ0) is 15.9. The van der Waals surface area contributed by atoms with E-state index in [0.29, 0.717) is 10.7 Å². The molecule has 1 heterocycles. The van der Waals surface area contributed by atoms with E-state index in [1.807, 2.05) is 36.1 Å². The van der Waals surface area contributed by atoms with E-state index in [2.05, 4.69) is 15.7 Å². The van der Waals surface area contributed by atoms with Crippen LogP contribution in [0.15, 0.2) is 36.7 Å². The average Bonchev–Trinajstić information content (AvgIpc) is 2.89. The van der Waals surface area contributed by atoms with Crippen molar-refractivity contribution in [2.75, 3.05) is 11.9 Å². The third-order valence-corrected chi connectivity index (χ3v) is 3.39. The zero-order valence-corrected chi connectivity index (χ0v) is 13.6. The smallest absolute Gasteiger partial charge is 0.170 e. The molecule has 0 spiro atoms. The van der Waals surface area contributed by atoms with Crippen molar-refractivity contribution >= 4 is 28.8 Å². The minimum atomic E-state index is 0.0389. The molecule has 2 aromatic rings. The highest BCUT2D eigenvalue weighted by molar-refractivity contribution is 7.80. The first-order chi connectivity index (χ1) is 10.5. The fraction of sp³-hybridized carbons (Fsp3) is 0.312. The molecule has 0 atom stereocenters. The van der Waals surface area contributed by atoms with Gasteiger partial charge in [0.1, 0.15) is 0 Å². The summed E-state index contributed by atoms with van der Waals surface area (Å²) in [6.45, 7) is 5.18. The summed E-state index contributed by atoms with van der Waals surface area (Å²) in [6, 6.07) is 7.30. The lowest BCUT2D eigenvalue weighted by molar-refractivity contribution is 0.101. The van der Waals surface area contributed by atoms with Crippen LogP contribution in [0, 0.1) is 6.92 Å². The predicted octanol–water partition coefficient (Wildman–Crippen LogP) is 2.77. The largest absolute Gasteiger partial charge is 0.362 e. The van der Waals surface area contributed by atoms with Crippen molar-refractivity contribution < 1.29 is 4.79 Å². The minimum Gasteiger partial charge on any atom is -0.362 e. The van der Waals surface area contributed by atoms with Crippen molar-refractivity contribution in [2.45, 2.75) is 26.8 Å². The number of ketones is 1. The minimum absolute atomic E-state index is 0.0389. The normalized spacial score (nSPS) is 10.3. The number of rotatable bonds is 6. The van der Waals surface area contributed by atoms with E-state index < -0.39 is 0 Å². The van der Waals surface area contributed by atoms with E-state index in [-0.39, 0.29) is 5.78 Å². The molecule has 0 aliphatic heterocycles. The van der Waals surface area contributed by atoms with Crippen LogP contribution in [0.3, 0.4) is 0 Å². The Kier molecular flexibility index (Phi) is 5.66. The summed E-state index contributed by atoms with van der Waals surface area (Å²) in [5.74, 6) is 0.0389. The molecule has 2 N–H and O–H groups in total. The van der Waals surface area contributed by atoms with Gasteiger partial charge >= 0.3 is 0 Å². The zero-order valence-electron chi connectivity index (χ0n) is 12.8. The van der Waals surface area contributed by atoms with Crippen LogP contribution in [0.1, 0.15) is 29.3 Å². The first-order valence-corrected chi connectivity index (χ1v) is 7.60. The molecule has 0 aliphatic rings. The first-order valence-electron chi connectivity index (χ1n) is 7.19. The third-order valence-electron chi connectivity index (χ3n) is 3.14. The van der Waals surface area contributed by atoms with Crippen LogP contribution in [-0.4, -0.2) is 27.2 Å². The van der Waals surface area contributed by atoms with Gasteiger partial charge in [-0.25, -0.2) is 0 Å². The van der Waals surface area contributed by atoms with Gasteiger partial charge in [-0.3, -0.25) is 9.48 Å². The molecule has 2 rings (SSSR count). The van der Waals surface area contributed by atoms with Gasteiger partial charge < -0.3 is 10.6 Å². The number of Topliss-reactive ketones (excluding diaryl/α,β-unsaturated/α-hetero) is 1. The van der Waals surface area contributed by atoms with Gasteiger partial charge in [-0.2, -0.15) is 5.10 Å². The summed E-state index contributed by atoms with van der Waals surface area (Å²) in [5, 5.41) is 11.0. The molecule has 0 fully saturated rings. The van der Waals surface area contributed by atoms with Gasteiger partial charge in [-0.15, -0.1) is 0 Å². The topological polar surface area (TPSA) is 59.0 Å². The van der Waals surface area contributed by atoms with E-state index in [4.69, 9.17) is 12.2 Å². The number of thiocarbonyl (C=S) groups is 1.